The van der Waals surface area contributed by atoms with Gasteiger partial charge in [-0.25, -0.2) is 4.98 Å². The van der Waals surface area contributed by atoms with Crippen LogP contribution in [0.15, 0.2) is 34.3 Å². The van der Waals surface area contributed by atoms with Gasteiger partial charge in [0.2, 0.25) is 0 Å². The molecule has 2 aromatic heterocycles. The van der Waals surface area contributed by atoms with Gasteiger partial charge in [0, 0.05) is 23.0 Å². The van der Waals surface area contributed by atoms with Crippen molar-refractivity contribution in [2.24, 2.45) is 0 Å². The van der Waals surface area contributed by atoms with Gasteiger partial charge in [0.05, 0.1) is 27.6 Å². The maximum Gasteiger partial charge on any atom is 1.00 e. The molecule has 2 heterocycles. The molecule has 0 saturated carbocycles. The second-order valence-corrected chi connectivity index (χ2v) is 6.82. The van der Waals surface area contributed by atoms with Crippen LogP contribution in [0.1, 0.15) is 25.2 Å². The van der Waals surface area contributed by atoms with Crippen molar-refractivity contribution in [3.8, 4) is 0 Å². The van der Waals surface area contributed by atoms with Crippen molar-refractivity contribution < 1.29 is 66.2 Å². The largest absolute Gasteiger partial charge is 1.00 e. The van der Waals surface area contributed by atoms with Gasteiger partial charge in [-0.15, -0.1) is 0 Å². The number of aromatic nitrogens is 3. The Balaban J connectivity index is 0. The molecule has 0 aliphatic heterocycles. The summed E-state index contributed by atoms with van der Waals surface area (Å²) >= 11 is 0. The molecule has 0 saturated heterocycles. The van der Waals surface area contributed by atoms with Gasteiger partial charge in [-0.2, -0.15) is 0 Å². The van der Waals surface area contributed by atoms with Crippen LogP contribution in [0.4, 0.5) is 0 Å². The monoisotopic (exact) mass is 363 g/mol. The first-order valence-electron chi connectivity index (χ1n) is 6.98. The summed E-state index contributed by atoms with van der Waals surface area (Å²) in [6.45, 7) is 5.51. The molecule has 8 heteroatoms. The Morgan fingerprint density at radius 3 is 2.62 bits per heavy atom. The van der Waals surface area contributed by atoms with Gasteiger partial charge in [0.1, 0.15) is 0 Å². The SMILES string of the molecule is Cc1ccc2nc(S(=O)Cc3[nH]cc(C)c(=O)c3C)[nH]c2c1.[H-].[H-].[Na+].[Na+]. The minimum atomic E-state index is -1.34. The van der Waals surface area contributed by atoms with Gasteiger partial charge in [-0.3, -0.25) is 9.00 Å². The van der Waals surface area contributed by atoms with E-state index in [0.29, 0.717) is 22.0 Å². The Hall–Kier alpha value is -0.210. The second kappa shape index (κ2) is 8.94. The first-order chi connectivity index (χ1) is 10.5. The molecule has 5 nitrogen and oxygen atoms in total. The van der Waals surface area contributed by atoms with Crippen LogP contribution in [0.25, 0.3) is 11.0 Å². The molecule has 0 spiro atoms. The molecule has 1 atom stereocenters. The van der Waals surface area contributed by atoms with E-state index in [2.05, 4.69) is 15.0 Å². The first-order valence-corrected chi connectivity index (χ1v) is 8.30. The number of fused-ring (bicyclic) bond motifs is 1. The molecular weight excluding hydrogens is 344 g/mol. The topological polar surface area (TPSA) is 78.6 Å². The average molecular weight is 363 g/mol. The Bertz CT molecular complexity index is 960. The molecule has 1 aromatic carbocycles. The third kappa shape index (κ3) is 4.49. The van der Waals surface area contributed by atoms with Crippen molar-refractivity contribution >= 4 is 21.8 Å². The molecule has 0 aliphatic carbocycles. The fourth-order valence-electron chi connectivity index (χ4n) is 2.36. The van der Waals surface area contributed by atoms with E-state index < -0.39 is 10.8 Å². The van der Waals surface area contributed by atoms with Crippen molar-refractivity contribution in [2.75, 3.05) is 0 Å². The van der Waals surface area contributed by atoms with Gasteiger partial charge >= 0.3 is 59.1 Å². The van der Waals surface area contributed by atoms with E-state index >= 15 is 0 Å². The van der Waals surface area contributed by atoms with Gasteiger partial charge in [0.15, 0.2) is 10.6 Å². The number of aryl methyl sites for hydroxylation is 2. The number of rotatable bonds is 3. The Morgan fingerprint density at radius 1 is 1.21 bits per heavy atom. The van der Waals surface area contributed by atoms with Crippen molar-refractivity contribution in [3.05, 3.63) is 57.0 Å². The zero-order chi connectivity index (χ0) is 15.9. The van der Waals surface area contributed by atoms with Crippen molar-refractivity contribution in [2.45, 2.75) is 31.7 Å². The summed E-state index contributed by atoms with van der Waals surface area (Å²) in [6.07, 6.45) is 1.66. The zero-order valence-corrected chi connectivity index (χ0v) is 19.5. The summed E-state index contributed by atoms with van der Waals surface area (Å²) in [7, 11) is -1.34. The van der Waals surface area contributed by atoms with Crippen molar-refractivity contribution in [3.63, 3.8) is 0 Å². The Morgan fingerprint density at radius 2 is 1.92 bits per heavy atom. The molecule has 1 unspecified atom stereocenters. The summed E-state index contributed by atoms with van der Waals surface area (Å²) in [5, 5.41) is 0.432. The number of aromatic amines is 2. The molecular formula is C16H19N3Na2O2S. The molecule has 0 aliphatic rings. The molecule has 0 amide bonds. The van der Waals surface area contributed by atoms with Crippen LogP contribution in [0.2, 0.25) is 0 Å². The van der Waals surface area contributed by atoms with Gasteiger partial charge in [-0.05, 0) is 38.5 Å². The Labute approximate surface area is 190 Å². The average Bonchev–Trinajstić information content (AvgIpc) is 2.91. The van der Waals surface area contributed by atoms with E-state index in [4.69, 9.17) is 0 Å². The Kier molecular flexibility index (Phi) is 8.13. The maximum atomic E-state index is 12.5. The zero-order valence-electron chi connectivity index (χ0n) is 16.7. The number of nitrogens with one attached hydrogen (secondary N) is 2. The molecule has 0 fully saturated rings. The van der Waals surface area contributed by atoms with Crippen LogP contribution in [0.3, 0.4) is 0 Å². The van der Waals surface area contributed by atoms with Crippen molar-refractivity contribution in [1.82, 2.24) is 15.0 Å². The van der Waals surface area contributed by atoms with Crippen LogP contribution >= 0.6 is 0 Å². The van der Waals surface area contributed by atoms with Crippen molar-refractivity contribution in [1.29, 1.82) is 0 Å². The standard InChI is InChI=1S/C16H17N3O2S.2Na.2H/c1-9-4-5-12-13(6-9)19-16(18-12)22(21)8-14-11(3)15(20)10(2)7-17-14;;;;/h4-7H,8H2,1-3H3,(H,17,20)(H,18,19);;;;/q;2*+1;2*-1. The number of pyridine rings is 1. The minimum absolute atomic E-state index is 0. The van der Waals surface area contributed by atoms with E-state index in [1.807, 2.05) is 25.1 Å². The summed E-state index contributed by atoms with van der Waals surface area (Å²) in [4.78, 5) is 22.5. The molecule has 0 bridgehead atoms. The third-order valence-corrected chi connectivity index (χ3v) is 4.90. The molecule has 3 aromatic rings. The van der Waals surface area contributed by atoms with E-state index in [9.17, 15) is 9.00 Å². The van der Waals surface area contributed by atoms with E-state index in [1.165, 1.54) is 0 Å². The summed E-state index contributed by atoms with van der Waals surface area (Å²) in [5.41, 5.74) is 4.73. The van der Waals surface area contributed by atoms with Crippen LogP contribution in [-0.2, 0) is 16.6 Å². The number of benzene rings is 1. The number of H-pyrrole nitrogens is 2. The molecule has 3 rings (SSSR count). The van der Waals surface area contributed by atoms with Gasteiger partial charge in [0.25, 0.3) is 0 Å². The molecule has 2 N–H and O–H groups in total. The van der Waals surface area contributed by atoms with E-state index in [1.54, 1.807) is 20.0 Å². The van der Waals surface area contributed by atoms with E-state index in [-0.39, 0.29) is 73.1 Å². The van der Waals surface area contributed by atoms with E-state index in [0.717, 1.165) is 16.6 Å². The summed E-state index contributed by atoms with van der Waals surface area (Å²) in [5.74, 6) is 0.236. The predicted molar refractivity (Wildman–Crippen MR) is 89.7 cm³/mol. The first kappa shape index (κ1) is 21.8. The van der Waals surface area contributed by atoms with Gasteiger partial charge in [-0.1, -0.05) is 6.07 Å². The van der Waals surface area contributed by atoms with Crippen LogP contribution in [-0.4, -0.2) is 19.2 Å². The molecule has 118 valence electrons. The molecule has 24 heavy (non-hydrogen) atoms. The van der Waals surface area contributed by atoms with Crippen LogP contribution in [0, 0.1) is 20.8 Å². The summed E-state index contributed by atoms with van der Waals surface area (Å²) < 4.78 is 12.5. The van der Waals surface area contributed by atoms with Gasteiger partial charge < -0.3 is 12.8 Å². The normalized spacial score (nSPS) is 11.6. The quantitative estimate of drug-likeness (QED) is 0.479. The molecule has 0 radical (unpaired) electrons. The predicted octanol–water partition coefficient (Wildman–Crippen LogP) is -3.28. The third-order valence-electron chi connectivity index (χ3n) is 3.72. The number of imidazole rings is 1. The summed E-state index contributed by atoms with van der Waals surface area (Å²) in [6, 6.07) is 5.85. The number of hydrogen-bond acceptors (Lipinski definition) is 3. The van der Waals surface area contributed by atoms with Crippen LogP contribution in [0.5, 0.6) is 0 Å². The smallest absolute Gasteiger partial charge is 1.00 e. The minimum Gasteiger partial charge on any atom is -1.00 e. The fraction of sp³-hybridized carbons (Fsp3) is 0.250. The second-order valence-electron chi connectivity index (χ2n) is 5.46. The van der Waals surface area contributed by atoms with Crippen LogP contribution < -0.4 is 64.5 Å². The number of hydrogen-bond donors (Lipinski definition) is 2. The fourth-order valence-corrected chi connectivity index (χ4v) is 3.48. The number of nitrogens with zero attached hydrogens (tertiary/aromatic N) is 1. The maximum absolute atomic E-state index is 12.5.